The molecule has 1 fully saturated rings. The predicted octanol–water partition coefficient (Wildman–Crippen LogP) is 2.74. The summed E-state index contributed by atoms with van der Waals surface area (Å²) < 4.78 is 5.34. The molecule has 0 spiro atoms. The highest BCUT2D eigenvalue weighted by atomic mass is 35.5. The zero-order valence-corrected chi connectivity index (χ0v) is 18.4. The first-order chi connectivity index (χ1) is 14.5. The van der Waals surface area contributed by atoms with Gasteiger partial charge in [-0.2, -0.15) is 4.98 Å². The summed E-state index contributed by atoms with van der Waals surface area (Å²) >= 11 is 5.91. The first-order valence-corrected chi connectivity index (χ1v) is 10.7. The fourth-order valence-electron chi connectivity index (χ4n) is 3.36. The maximum atomic E-state index is 12.1. The van der Waals surface area contributed by atoms with Gasteiger partial charge in [0.2, 0.25) is 17.6 Å². The van der Waals surface area contributed by atoms with Crippen molar-refractivity contribution in [3.05, 3.63) is 35.2 Å². The minimum absolute atomic E-state index is 0.0499. The number of carbonyl (C=O) groups is 1. The van der Waals surface area contributed by atoms with E-state index in [1.807, 2.05) is 30.9 Å². The molecule has 1 aliphatic rings. The van der Waals surface area contributed by atoms with Crippen LogP contribution in [0, 0.1) is 5.92 Å². The van der Waals surface area contributed by atoms with Gasteiger partial charge in [0, 0.05) is 55.6 Å². The number of piperidine rings is 1. The van der Waals surface area contributed by atoms with Gasteiger partial charge in [0.25, 0.3) is 0 Å². The molecule has 162 valence electrons. The Labute approximate surface area is 182 Å². The van der Waals surface area contributed by atoms with Gasteiger partial charge in [0.15, 0.2) is 5.96 Å². The summed E-state index contributed by atoms with van der Waals surface area (Å²) in [5, 5.41) is 11.4. The molecule has 3 rings (SSSR count). The minimum atomic E-state index is 0.0499. The molecule has 8 nitrogen and oxygen atoms in total. The fourth-order valence-corrected chi connectivity index (χ4v) is 3.48. The third kappa shape index (κ3) is 5.95. The number of amides is 1. The van der Waals surface area contributed by atoms with Crippen LogP contribution in [0.2, 0.25) is 5.02 Å². The number of hydrogen-bond donors (Lipinski definition) is 2. The van der Waals surface area contributed by atoms with Gasteiger partial charge in [-0.1, -0.05) is 30.6 Å². The van der Waals surface area contributed by atoms with Crippen LogP contribution >= 0.6 is 11.6 Å². The van der Waals surface area contributed by atoms with Crippen molar-refractivity contribution in [2.75, 3.05) is 26.7 Å². The third-order valence-electron chi connectivity index (χ3n) is 5.07. The molecule has 2 heterocycles. The van der Waals surface area contributed by atoms with Crippen LogP contribution < -0.4 is 10.6 Å². The van der Waals surface area contributed by atoms with Crippen LogP contribution in [-0.4, -0.2) is 59.6 Å². The zero-order valence-electron chi connectivity index (χ0n) is 17.7. The van der Waals surface area contributed by atoms with Gasteiger partial charge in [0.05, 0.1) is 0 Å². The zero-order chi connectivity index (χ0) is 21.5. The molecular formula is C21H29ClN6O2. The molecule has 1 aromatic heterocycles. The van der Waals surface area contributed by atoms with Crippen molar-refractivity contribution in [2.45, 2.75) is 39.2 Å². The van der Waals surface area contributed by atoms with Crippen molar-refractivity contribution < 1.29 is 9.32 Å². The maximum absolute atomic E-state index is 12.1. The average Bonchev–Trinajstić information content (AvgIpc) is 3.22. The molecule has 1 saturated heterocycles. The highest BCUT2D eigenvalue weighted by molar-refractivity contribution is 6.30. The molecule has 0 atom stereocenters. The predicted molar refractivity (Wildman–Crippen MR) is 117 cm³/mol. The number of hydrogen-bond acceptors (Lipinski definition) is 5. The van der Waals surface area contributed by atoms with E-state index in [2.05, 4.69) is 25.8 Å². The number of aromatic nitrogens is 2. The van der Waals surface area contributed by atoms with Crippen LogP contribution in [0.4, 0.5) is 0 Å². The van der Waals surface area contributed by atoms with E-state index in [0.717, 1.165) is 37.5 Å². The molecule has 0 unspecified atom stereocenters. The maximum Gasteiger partial charge on any atom is 0.228 e. The van der Waals surface area contributed by atoms with Crippen molar-refractivity contribution in [3.63, 3.8) is 0 Å². The van der Waals surface area contributed by atoms with Crippen LogP contribution in [0.25, 0.3) is 11.4 Å². The Morgan fingerprint density at radius 1 is 1.30 bits per heavy atom. The van der Waals surface area contributed by atoms with Crippen molar-refractivity contribution in [1.29, 1.82) is 0 Å². The van der Waals surface area contributed by atoms with Crippen molar-refractivity contribution in [1.82, 2.24) is 25.7 Å². The van der Waals surface area contributed by atoms with E-state index >= 15 is 0 Å². The van der Waals surface area contributed by atoms with E-state index in [-0.39, 0.29) is 11.8 Å². The Balaban J connectivity index is 1.42. The van der Waals surface area contributed by atoms with Gasteiger partial charge in [-0.05, 0) is 37.1 Å². The lowest BCUT2D eigenvalue weighted by atomic mass is 10.0. The highest BCUT2D eigenvalue weighted by Gasteiger charge is 2.24. The summed E-state index contributed by atoms with van der Waals surface area (Å²) in [6.45, 7) is 6.06. The fraction of sp³-hybridized carbons (Fsp3) is 0.524. The molecule has 0 aliphatic carbocycles. The van der Waals surface area contributed by atoms with Crippen molar-refractivity contribution in [3.8, 4) is 11.4 Å². The molecule has 0 saturated carbocycles. The number of aliphatic imine (C=N–C) groups is 1. The Kier molecular flexibility index (Phi) is 7.68. The smallest absolute Gasteiger partial charge is 0.228 e. The molecule has 0 radical (unpaired) electrons. The van der Waals surface area contributed by atoms with E-state index in [4.69, 9.17) is 16.1 Å². The van der Waals surface area contributed by atoms with Gasteiger partial charge in [-0.25, -0.2) is 0 Å². The Morgan fingerprint density at radius 3 is 2.63 bits per heavy atom. The van der Waals surface area contributed by atoms with E-state index in [1.54, 1.807) is 19.2 Å². The van der Waals surface area contributed by atoms with Gasteiger partial charge in [-0.3, -0.25) is 9.79 Å². The number of carbonyl (C=O) groups excluding carboxylic acids is 1. The molecular weight excluding hydrogens is 404 g/mol. The van der Waals surface area contributed by atoms with Crippen molar-refractivity contribution in [2.24, 2.45) is 10.9 Å². The number of halogens is 1. The SMILES string of the molecule is CN=C(NCCc1nc(-c2ccc(Cl)cc2)no1)NC1CCN(C(=O)C(C)C)CC1. The first kappa shape index (κ1) is 22.1. The summed E-state index contributed by atoms with van der Waals surface area (Å²) in [6, 6.07) is 7.62. The number of benzene rings is 1. The molecule has 30 heavy (non-hydrogen) atoms. The summed E-state index contributed by atoms with van der Waals surface area (Å²) in [7, 11) is 1.75. The molecule has 0 bridgehead atoms. The second kappa shape index (κ2) is 10.4. The van der Waals surface area contributed by atoms with Gasteiger partial charge in [-0.15, -0.1) is 0 Å². The van der Waals surface area contributed by atoms with Crippen LogP contribution in [-0.2, 0) is 11.2 Å². The number of nitrogens with zero attached hydrogens (tertiary/aromatic N) is 4. The summed E-state index contributed by atoms with van der Waals surface area (Å²) in [5.74, 6) is 2.12. The Morgan fingerprint density at radius 2 is 2.00 bits per heavy atom. The number of likely N-dealkylation sites (tertiary alicyclic amines) is 1. The van der Waals surface area contributed by atoms with Gasteiger partial charge < -0.3 is 20.1 Å². The van der Waals surface area contributed by atoms with Crippen LogP contribution in [0.5, 0.6) is 0 Å². The second-order valence-electron chi connectivity index (χ2n) is 7.67. The lowest BCUT2D eigenvalue weighted by molar-refractivity contribution is -0.135. The quantitative estimate of drug-likeness (QED) is 0.538. The lowest BCUT2D eigenvalue weighted by Gasteiger charge is -2.34. The molecule has 9 heteroatoms. The van der Waals surface area contributed by atoms with Crippen LogP contribution in [0.1, 0.15) is 32.6 Å². The number of nitrogens with one attached hydrogen (secondary N) is 2. The average molecular weight is 433 g/mol. The Bertz CT molecular complexity index is 857. The molecule has 1 aliphatic heterocycles. The minimum Gasteiger partial charge on any atom is -0.356 e. The molecule has 2 N–H and O–H groups in total. The van der Waals surface area contributed by atoms with Gasteiger partial charge >= 0.3 is 0 Å². The van der Waals surface area contributed by atoms with Crippen molar-refractivity contribution >= 4 is 23.5 Å². The molecule has 1 aromatic carbocycles. The normalized spacial score (nSPS) is 15.5. The number of rotatable bonds is 6. The number of guanidine groups is 1. The molecule has 2 aromatic rings. The largest absolute Gasteiger partial charge is 0.356 e. The highest BCUT2D eigenvalue weighted by Crippen LogP contribution is 2.18. The topological polar surface area (TPSA) is 95.7 Å². The summed E-state index contributed by atoms with van der Waals surface area (Å²) in [4.78, 5) is 22.8. The van der Waals surface area contributed by atoms with Crippen LogP contribution in [0.15, 0.2) is 33.8 Å². The Hall–Kier alpha value is -2.61. The van der Waals surface area contributed by atoms with E-state index in [0.29, 0.717) is 35.7 Å². The summed E-state index contributed by atoms with van der Waals surface area (Å²) in [5.41, 5.74) is 0.863. The second-order valence-corrected chi connectivity index (χ2v) is 8.10. The first-order valence-electron chi connectivity index (χ1n) is 10.3. The third-order valence-corrected chi connectivity index (χ3v) is 5.32. The van der Waals surface area contributed by atoms with E-state index < -0.39 is 0 Å². The van der Waals surface area contributed by atoms with Gasteiger partial charge in [0.1, 0.15) is 0 Å². The standard InChI is InChI=1S/C21H29ClN6O2/c1-14(2)20(29)28-12-9-17(10-13-28)25-21(23-3)24-11-8-18-26-19(27-30-18)15-4-6-16(22)7-5-15/h4-7,14,17H,8-13H2,1-3H3,(H2,23,24,25). The van der Waals surface area contributed by atoms with E-state index in [1.165, 1.54) is 0 Å². The monoisotopic (exact) mass is 432 g/mol. The lowest BCUT2D eigenvalue weighted by Crippen LogP contribution is -2.50. The van der Waals surface area contributed by atoms with E-state index in [9.17, 15) is 4.79 Å². The summed E-state index contributed by atoms with van der Waals surface area (Å²) in [6.07, 6.45) is 2.41. The van der Waals surface area contributed by atoms with Crippen LogP contribution in [0.3, 0.4) is 0 Å². The molecule has 1 amide bonds.